The second-order valence-corrected chi connectivity index (χ2v) is 7.53. The van der Waals surface area contributed by atoms with Gasteiger partial charge in [-0.25, -0.2) is 0 Å². The SMILES string of the molecule is CCC1SCCSC1C(O)c1ccc(Cl)c(OC)c1. The second-order valence-electron chi connectivity index (χ2n) is 4.49. The molecule has 19 heavy (non-hydrogen) atoms. The molecule has 0 radical (unpaired) electrons. The van der Waals surface area contributed by atoms with E-state index < -0.39 is 6.10 Å². The normalized spacial score (nSPS) is 25.1. The van der Waals surface area contributed by atoms with Crippen LogP contribution >= 0.6 is 35.1 Å². The van der Waals surface area contributed by atoms with Crippen LogP contribution in [0, 0.1) is 0 Å². The summed E-state index contributed by atoms with van der Waals surface area (Å²) in [5.74, 6) is 2.91. The fraction of sp³-hybridized carbons (Fsp3) is 0.571. The molecule has 1 aromatic rings. The Morgan fingerprint density at radius 3 is 2.84 bits per heavy atom. The molecule has 1 fully saturated rings. The lowest BCUT2D eigenvalue weighted by atomic mass is 10.0. The number of ether oxygens (including phenoxy) is 1. The summed E-state index contributed by atoms with van der Waals surface area (Å²) in [4.78, 5) is 0. The topological polar surface area (TPSA) is 29.5 Å². The molecule has 1 aromatic carbocycles. The summed E-state index contributed by atoms with van der Waals surface area (Å²) in [5, 5.41) is 12.0. The molecule has 3 atom stereocenters. The van der Waals surface area contributed by atoms with E-state index in [0.29, 0.717) is 16.0 Å². The molecule has 0 bridgehead atoms. The van der Waals surface area contributed by atoms with Crippen molar-refractivity contribution in [1.29, 1.82) is 0 Å². The van der Waals surface area contributed by atoms with Gasteiger partial charge in [0.05, 0.1) is 18.2 Å². The lowest BCUT2D eigenvalue weighted by Gasteiger charge is -2.33. The van der Waals surface area contributed by atoms with E-state index in [9.17, 15) is 5.11 Å². The molecule has 0 amide bonds. The van der Waals surface area contributed by atoms with E-state index >= 15 is 0 Å². The number of hydrogen-bond acceptors (Lipinski definition) is 4. The standard InChI is InChI=1S/C14H19ClO2S2/c1-3-12-14(19-7-6-18-12)13(16)9-4-5-10(15)11(8-9)17-2/h4-5,8,12-14,16H,3,6-7H2,1-2H3. The second kappa shape index (κ2) is 7.11. The number of thioether (sulfide) groups is 2. The average Bonchev–Trinajstić information content (AvgIpc) is 2.47. The minimum absolute atomic E-state index is 0.245. The third-order valence-electron chi connectivity index (χ3n) is 3.32. The first-order chi connectivity index (χ1) is 9.17. The van der Waals surface area contributed by atoms with Crippen LogP contribution in [0.15, 0.2) is 18.2 Å². The maximum absolute atomic E-state index is 10.6. The Kier molecular flexibility index (Phi) is 5.75. The lowest BCUT2D eigenvalue weighted by molar-refractivity contribution is 0.172. The van der Waals surface area contributed by atoms with Crippen molar-refractivity contribution in [3.63, 3.8) is 0 Å². The first-order valence-corrected chi connectivity index (χ1v) is 8.89. The van der Waals surface area contributed by atoms with Crippen molar-refractivity contribution in [2.24, 2.45) is 0 Å². The minimum atomic E-state index is -0.464. The van der Waals surface area contributed by atoms with Crippen LogP contribution in [-0.2, 0) is 0 Å². The fourth-order valence-corrected chi connectivity index (χ4v) is 5.61. The number of aliphatic hydroxyl groups excluding tert-OH is 1. The van der Waals surface area contributed by atoms with Crippen LogP contribution in [-0.4, -0.2) is 34.2 Å². The van der Waals surface area contributed by atoms with Gasteiger partial charge in [0, 0.05) is 22.0 Å². The third-order valence-corrected chi connectivity index (χ3v) is 6.97. The van der Waals surface area contributed by atoms with Crippen molar-refractivity contribution in [3.05, 3.63) is 28.8 Å². The van der Waals surface area contributed by atoms with E-state index in [4.69, 9.17) is 16.3 Å². The van der Waals surface area contributed by atoms with Gasteiger partial charge in [-0.15, -0.1) is 0 Å². The van der Waals surface area contributed by atoms with Crippen LogP contribution in [0.5, 0.6) is 5.75 Å². The third kappa shape index (κ3) is 3.54. The molecule has 2 rings (SSSR count). The molecular formula is C14H19ClO2S2. The molecule has 106 valence electrons. The first-order valence-electron chi connectivity index (χ1n) is 6.42. The van der Waals surface area contributed by atoms with Gasteiger partial charge in [0.25, 0.3) is 0 Å². The Hall–Kier alpha value is -0.0300. The zero-order valence-electron chi connectivity index (χ0n) is 11.1. The van der Waals surface area contributed by atoms with Gasteiger partial charge in [-0.2, -0.15) is 23.5 Å². The van der Waals surface area contributed by atoms with Crippen molar-refractivity contribution in [3.8, 4) is 5.75 Å². The molecule has 0 aromatic heterocycles. The Labute approximate surface area is 128 Å². The summed E-state index contributed by atoms with van der Waals surface area (Å²) in [6.45, 7) is 2.19. The summed E-state index contributed by atoms with van der Waals surface area (Å²) in [5.41, 5.74) is 0.889. The van der Waals surface area contributed by atoms with Crippen LogP contribution in [0.1, 0.15) is 25.0 Å². The molecule has 1 N–H and O–H groups in total. The Balaban J connectivity index is 2.20. The van der Waals surface area contributed by atoms with E-state index in [0.717, 1.165) is 17.7 Å². The molecule has 1 heterocycles. The van der Waals surface area contributed by atoms with E-state index in [2.05, 4.69) is 6.92 Å². The van der Waals surface area contributed by atoms with E-state index in [-0.39, 0.29) is 5.25 Å². The molecule has 0 spiro atoms. The average molecular weight is 319 g/mol. The molecule has 1 aliphatic heterocycles. The monoisotopic (exact) mass is 318 g/mol. The number of aliphatic hydroxyl groups is 1. The van der Waals surface area contributed by atoms with Gasteiger partial charge >= 0.3 is 0 Å². The highest BCUT2D eigenvalue weighted by Crippen LogP contribution is 2.41. The fourth-order valence-electron chi connectivity index (χ4n) is 2.28. The van der Waals surface area contributed by atoms with Gasteiger partial charge in [0.1, 0.15) is 5.75 Å². The Morgan fingerprint density at radius 2 is 2.16 bits per heavy atom. The summed E-state index contributed by atoms with van der Waals surface area (Å²) >= 11 is 9.87. The lowest BCUT2D eigenvalue weighted by Crippen LogP contribution is -2.31. The Morgan fingerprint density at radius 1 is 1.42 bits per heavy atom. The minimum Gasteiger partial charge on any atom is -0.495 e. The van der Waals surface area contributed by atoms with Gasteiger partial charge < -0.3 is 9.84 Å². The highest BCUT2D eigenvalue weighted by atomic mass is 35.5. The Bertz CT molecular complexity index is 428. The van der Waals surface area contributed by atoms with E-state index in [1.165, 1.54) is 5.75 Å². The molecule has 0 aliphatic carbocycles. The van der Waals surface area contributed by atoms with Crippen LogP contribution in [0.4, 0.5) is 0 Å². The van der Waals surface area contributed by atoms with E-state index in [1.54, 1.807) is 13.2 Å². The van der Waals surface area contributed by atoms with Crippen molar-refractivity contribution < 1.29 is 9.84 Å². The van der Waals surface area contributed by atoms with Crippen LogP contribution in [0.3, 0.4) is 0 Å². The molecule has 1 aliphatic rings. The number of hydrogen-bond donors (Lipinski definition) is 1. The van der Waals surface area contributed by atoms with Gasteiger partial charge in [-0.1, -0.05) is 24.6 Å². The summed E-state index contributed by atoms with van der Waals surface area (Å²) in [6, 6.07) is 5.53. The largest absolute Gasteiger partial charge is 0.495 e. The number of halogens is 1. The van der Waals surface area contributed by atoms with Gasteiger partial charge in [0.2, 0.25) is 0 Å². The predicted molar refractivity (Wildman–Crippen MR) is 85.7 cm³/mol. The van der Waals surface area contributed by atoms with Crippen molar-refractivity contribution >= 4 is 35.1 Å². The van der Waals surface area contributed by atoms with Crippen LogP contribution in [0.25, 0.3) is 0 Å². The van der Waals surface area contributed by atoms with Crippen molar-refractivity contribution in [2.75, 3.05) is 18.6 Å². The van der Waals surface area contributed by atoms with E-state index in [1.807, 2.05) is 35.7 Å². The molecule has 3 unspecified atom stereocenters. The van der Waals surface area contributed by atoms with Crippen LogP contribution < -0.4 is 4.74 Å². The maximum atomic E-state index is 10.6. The van der Waals surface area contributed by atoms with Gasteiger partial charge in [-0.3, -0.25) is 0 Å². The number of rotatable bonds is 4. The first kappa shape index (κ1) is 15.4. The highest BCUT2D eigenvalue weighted by Gasteiger charge is 2.32. The maximum Gasteiger partial charge on any atom is 0.137 e. The number of benzene rings is 1. The smallest absolute Gasteiger partial charge is 0.137 e. The van der Waals surface area contributed by atoms with Gasteiger partial charge in [0.15, 0.2) is 0 Å². The summed E-state index contributed by atoms with van der Waals surface area (Å²) in [6.07, 6.45) is 0.623. The molecule has 1 saturated heterocycles. The molecule has 0 saturated carbocycles. The summed E-state index contributed by atoms with van der Waals surface area (Å²) in [7, 11) is 1.59. The number of methoxy groups -OCH3 is 1. The highest BCUT2D eigenvalue weighted by molar-refractivity contribution is 8.07. The molecular weight excluding hydrogens is 300 g/mol. The zero-order valence-corrected chi connectivity index (χ0v) is 13.5. The van der Waals surface area contributed by atoms with Crippen molar-refractivity contribution in [1.82, 2.24) is 0 Å². The predicted octanol–water partition coefficient (Wildman–Crippen LogP) is 4.01. The molecule has 5 heteroatoms. The summed E-state index contributed by atoms with van der Waals surface area (Å²) < 4.78 is 5.22. The van der Waals surface area contributed by atoms with Gasteiger partial charge in [-0.05, 0) is 24.1 Å². The van der Waals surface area contributed by atoms with Crippen LogP contribution in [0.2, 0.25) is 5.02 Å². The quantitative estimate of drug-likeness (QED) is 0.908. The zero-order chi connectivity index (χ0) is 13.8. The van der Waals surface area contributed by atoms with Crippen molar-refractivity contribution in [2.45, 2.75) is 29.9 Å². The molecule has 2 nitrogen and oxygen atoms in total.